The second kappa shape index (κ2) is 37.0. The van der Waals surface area contributed by atoms with E-state index in [0.29, 0.717) is 0 Å². The second-order valence-electron chi connectivity index (χ2n) is 2.05. The van der Waals surface area contributed by atoms with Crippen LogP contribution in [0.15, 0.2) is 0 Å². The van der Waals surface area contributed by atoms with E-state index in [2.05, 4.69) is 64.4 Å². The molecular formula is C8H20N2O2S2Zn. The fraction of sp³-hybridized carbons (Fsp3) is 0.750. The van der Waals surface area contributed by atoms with Crippen molar-refractivity contribution in [3.05, 3.63) is 0 Å². The molecule has 0 rings (SSSR count). The SMILES string of the molecule is CCC.CCC.NC(=O)[S-].NC(=O)[S-].[Zn+2]. The van der Waals surface area contributed by atoms with Gasteiger partial charge in [-0.05, 0) is 0 Å². The van der Waals surface area contributed by atoms with Crippen LogP contribution in [-0.2, 0) is 44.7 Å². The molecule has 15 heavy (non-hydrogen) atoms. The molecule has 0 aromatic carbocycles. The fourth-order valence-corrected chi connectivity index (χ4v) is 0. The van der Waals surface area contributed by atoms with Gasteiger partial charge in [0, 0.05) is 0 Å². The van der Waals surface area contributed by atoms with Gasteiger partial charge in [-0.1, -0.05) is 40.5 Å². The van der Waals surface area contributed by atoms with Crippen molar-refractivity contribution in [2.24, 2.45) is 11.5 Å². The van der Waals surface area contributed by atoms with Crippen molar-refractivity contribution >= 4 is 35.7 Å². The Morgan fingerprint density at radius 3 is 0.867 bits per heavy atom. The van der Waals surface area contributed by atoms with Crippen LogP contribution in [0.25, 0.3) is 0 Å². The Bertz CT molecular complexity index is 105. The van der Waals surface area contributed by atoms with Crippen molar-refractivity contribution < 1.29 is 29.1 Å². The first-order valence-electron chi connectivity index (χ1n) is 4.22. The molecule has 0 unspecified atom stereocenters. The predicted molar refractivity (Wildman–Crippen MR) is 65.8 cm³/mol. The van der Waals surface area contributed by atoms with Gasteiger partial charge in [0.2, 0.25) is 0 Å². The Kier molecular flexibility index (Phi) is 72.5. The molecule has 0 saturated carbocycles. The molecule has 0 aliphatic carbocycles. The number of rotatable bonds is 0. The van der Waals surface area contributed by atoms with Crippen LogP contribution in [0.5, 0.6) is 0 Å². The molecule has 0 atom stereocenters. The molecule has 0 aliphatic rings. The molecule has 0 aliphatic heterocycles. The number of amides is 2. The minimum absolute atomic E-state index is 0. The first kappa shape index (κ1) is 29.4. The summed E-state index contributed by atoms with van der Waals surface area (Å²) in [5.41, 5.74) is 8.57. The Balaban J connectivity index is -0.0000000293. The topological polar surface area (TPSA) is 86.2 Å². The van der Waals surface area contributed by atoms with Crippen LogP contribution < -0.4 is 11.5 Å². The summed E-state index contributed by atoms with van der Waals surface area (Å²) in [6.07, 6.45) is 2.50. The third kappa shape index (κ3) is 177000000. The van der Waals surface area contributed by atoms with Crippen molar-refractivity contribution in [2.75, 3.05) is 0 Å². The van der Waals surface area contributed by atoms with E-state index in [1.54, 1.807) is 0 Å². The number of primary amides is 2. The average molecular weight is 306 g/mol. The molecule has 0 radical (unpaired) electrons. The van der Waals surface area contributed by atoms with Crippen LogP contribution in [-0.4, -0.2) is 10.5 Å². The Morgan fingerprint density at radius 1 is 0.867 bits per heavy atom. The monoisotopic (exact) mass is 304 g/mol. The number of carbonyl (C=O) groups excluding carboxylic acids is 2. The van der Waals surface area contributed by atoms with E-state index in [1.807, 2.05) is 0 Å². The number of carbonyl (C=O) groups is 2. The summed E-state index contributed by atoms with van der Waals surface area (Å²) in [6, 6.07) is 0. The molecule has 0 fully saturated rings. The largest absolute Gasteiger partial charge is 2.00 e. The number of hydrogen-bond acceptors (Lipinski definition) is 4. The van der Waals surface area contributed by atoms with Crippen molar-refractivity contribution in [2.45, 2.75) is 40.5 Å². The molecular weight excluding hydrogens is 286 g/mol. The number of nitrogens with two attached hydrogens (primary N) is 2. The molecule has 88 valence electrons. The zero-order chi connectivity index (χ0) is 12.6. The van der Waals surface area contributed by atoms with Crippen LogP contribution in [0, 0.1) is 0 Å². The van der Waals surface area contributed by atoms with Crippen LogP contribution in [0.4, 0.5) is 9.59 Å². The first-order chi connectivity index (χ1) is 6.29. The molecule has 0 spiro atoms. The van der Waals surface area contributed by atoms with Crippen molar-refractivity contribution in [1.29, 1.82) is 0 Å². The molecule has 0 aromatic rings. The molecule has 0 aromatic heterocycles. The summed E-state index contributed by atoms with van der Waals surface area (Å²) >= 11 is 7.52. The summed E-state index contributed by atoms with van der Waals surface area (Å²) in [6.45, 7) is 8.50. The van der Waals surface area contributed by atoms with E-state index < -0.39 is 10.5 Å². The summed E-state index contributed by atoms with van der Waals surface area (Å²) in [7, 11) is 0. The molecule has 4 nitrogen and oxygen atoms in total. The van der Waals surface area contributed by atoms with Crippen molar-refractivity contribution in [1.82, 2.24) is 0 Å². The van der Waals surface area contributed by atoms with Crippen LogP contribution in [0.1, 0.15) is 40.5 Å². The molecule has 0 bridgehead atoms. The summed E-state index contributed by atoms with van der Waals surface area (Å²) in [5.74, 6) is 0. The van der Waals surface area contributed by atoms with E-state index >= 15 is 0 Å². The Labute approximate surface area is 117 Å². The second-order valence-corrected chi connectivity index (χ2v) is 2.86. The zero-order valence-electron chi connectivity index (χ0n) is 9.91. The molecule has 4 N–H and O–H groups in total. The normalized spacial score (nSPS) is 5.60. The average Bonchev–Trinajstić information content (AvgIpc) is 1.85. The van der Waals surface area contributed by atoms with E-state index in [9.17, 15) is 0 Å². The summed E-state index contributed by atoms with van der Waals surface area (Å²) in [5, 5.41) is -1.50. The molecule has 2 amide bonds. The van der Waals surface area contributed by atoms with Gasteiger partial charge in [0.25, 0.3) is 0 Å². The third-order valence-corrected chi connectivity index (χ3v) is 0. The van der Waals surface area contributed by atoms with E-state index in [0.717, 1.165) is 0 Å². The summed E-state index contributed by atoms with van der Waals surface area (Å²) < 4.78 is 0. The maximum absolute atomic E-state index is 9.04. The molecule has 0 heterocycles. The Hall–Kier alpha value is 0.00338. The number of hydrogen-bond donors (Lipinski definition) is 2. The van der Waals surface area contributed by atoms with Crippen LogP contribution in [0.3, 0.4) is 0 Å². The quantitative estimate of drug-likeness (QED) is 0.530. The maximum atomic E-state index is 9.04. The third-order valence-electron chi connectivity index (χ3n) is 0. The van der Waals surface area contributed by atoms with Gasteiger partial charge in [-0.15, -0.1) is 0 Å². The van der Waals surface area contributed by atoms with Gasteiger partial charge < -0.3 is 46.3 Å². The first-order valence-corrected chi connectivity index (χ1v) is 5.04. The van der Waals surface area contributed by atoms with Gasteiger partial charge in [0.1, 0.15) is 0 Å². The Morgan fingerprint density at radius 2 is 0.867 bits per heavy atom. The maximum Gasteiger partial charge on any atom is 2.00 e. The predicted octanol–water partition coefficient (Wildman–Crippen LogP) is 2.05. The zero-order valence-corrected chi connectivity index (χ0v) is 14.5. The van der Waals surface area contributed by atoms with E-state index in [4.69, 9.17) is 9.59 Å². The van der Waals surface area contributed by atoms with Crippen LogP contribution >= 0.6 is 0 Å². The molecule has 7 heteroatoms. The van der Waals surface area contributed by atoms with Gasteiger partial charge in [-0.25, -0.2) is 0 Å². The van der Waals surface area contributed by atoms with Gasteiger partial charge in [0.05, 0.1) is 10.5 Å². The van der Waals surface area contributed by atoms with E-state index in [-0.39, 0.29) is 19.5 Å². The van der Waals surface area contributed by atoms with E-state index in [1.165, 1.54) is 12.8 Å². The van der Waals surface area contributed by atoms with Gasteiger partial charge in [-0.3, -0.25) is 0 Å². The fourth-order valence-electron chi connectivity index (χ4n) is 0. The smallest absolute Gasteiger partial charge is 0.719 e. The minimum atomic E-state index is -0.750. The van der Waals surface area contributed by atoms with Crippen molar-refractivity contribution in [3.63, 3.8) is 0 Å². The van der Waals surface area contributed by atoms with Crippen molar-refractivity contribution in [3.8, 4) is 0 Å². The van der Waals surface area contributed by atoms with Crippen LogP contribution in [0.2, 0.25) is 0 Å². The van der Waals surface area contributed by atoms with Gasteiger partial charge in [0.15, 0.2) is 0 Å². The minimum Gasteiger partial charge on any atom is -0.719 e. The van der Waals surface area contributed by atoms with Gasteiger partial charge in [-0.2, -0.15) is 0 Å². The van der Waals surface area contributed by atoms with Gasteiger partial charge >= 0.3 is 19.5 Å². The molecule has 0 saturated heterocycles. The summed E-state index contributed by atoms with van der Waals surface area (Å²) in [4.78, 5) is 18.1. The standard InChI is InChI=1S/2C3H8.2CH3NOS.Zn/c2*1-3-2;2*2-1(3)4;/h2*3H2,1-2H3;2*(H3,2,3,4);/q;;;;+2/p-2.